The quantitative estimate of drug-likeness (QED) is 0.739. The van der Waals surface area contributed by atoms with Gasteiger partial charge in [-0.05, 0) is 25.0 Å². The molecule has 3 rings (SSSR count). The lowest BCUT2D eigenvalue weighted by atomic mass is 9.97. The van der Waals surface area contributed by atoms with E-state index in [1.807, 2.05) is 6.07 Å². The zero-order valence-electron chi connectivity index (χ0n) is 16.1. The summed E-state index contributed by atoms with van der Waals surface area (Å²) in [4.78, 5) is 30.4. The second-order valence-electron chi connectivity index (χ2n) is 6.32. The Morgan fingerprint density at radius 2 is 1.86 bits per heavy atom. The van der Waals surface area contributed by atoms with Crippen LogP contribution >= 0.6 is 11.3 Å². The number of hydrogen-bond acceptors (Lipinski definition) is 8. The molecular formula is C19H23N3O5S. The van der Waals surface area contributed by atoms with Crippen LogP contribution in [0, 0.1) is 5.92 Å². The lowest BCUT2D eigenvalue weighted by Gasteiger charge is -2.30. The maximum Gasteiger partial charge on any atom is 0.308 e. The highest BCUT2D eigenvalue weighted by Gasteiger charge is 2.29. The Labute approximate surface area is 167 Å². The molecule has 1 saturated heterocycles. The van der Waals surface area contributed by atoms with Crippen LogP contribution in [0.5, 0.6) is 11.5 Å². The number of piperidine rings is 1. The van der Waals surface area contributed by atoms with E-state index in [1.54, 1.807) is 36.6 Å². The highest BCUT2D eigenvalue weighted by molar-refractivity contribution is 7.14. The van der Waals surface area contributed by atoms with E-state index in [9.17, 15) is 9.59 Å². The second kappa shape index (κ2) is 8.92. The standard InChI is InChI=1S/C19H23N3O5S/c1-25-15-5-4-13(10-16(15)26-2)20-19-21-14(11-28-19)17(23)22-8-6-12(7-9-22)18(24)27-3/h4-5,10-12H,6-9H2,1-3H3,(H,20,21). The summed E-state index contributed by atoms with van der Waals surface area (Å²) in [7, 11) is 4.55. The van der Waals surface area contributed by atoms with E-state index < -0.39 is 0 Å². The predicted molar refractivity (Wildman–Crippen MR) is 106 cm³/mol. The molecule has 1 aromatic heterocycles. The Morgan fingerprint density at radius 1 is 1.14 bits per heavy atom. The fraction of sp³-hybridized carbons (Fsp3) is 0.421. The Balaban J connectivity index is 1.63. The third-order valence-electron chi connectivity index (χ3n) is 4.67. The molecule has 0 radical (unpaired) electrons. The van der Waals surface area contributed by atoms with Gasteiger partial charge in [-0.3, -0.25) is 9.59 Å². The van der Waals surface area contributed by atoms with Crippen molar-refractivity contribution < 1.29 is 23.8 Å². The highest BCUT2D eigenvalue weighted by atomic mass is 32.1. The van der Waals surface area contributed by atoms with Gasteiger partial charge in [0.25, 0.3) is 5.91 Å². The number of nitrogens with zero attached hydrogens (tertiary/aromatic N) is 2. The summed E-state index contributed by atoms with van der Waals surface area (Å²) in [6, 6.07) is 5.45. The zero-order chi connectivity index (χ0) is 20.1. The molecule has 1 aromatic carbocycles. The molecule has 0 bridgehead atoms. The van der Waals surface area contributed by atoms with Crippen molar-refractivity contribution in [2.75, 3.05) is 39.7 Å². The molecule has 1 N–H and O–H groups in total. The molecule has 1 fully saturated rings. The van der Waals surface area contributed by atoms with Gasteiger partial charge in [0.05, 0.1) is 27.2 Å². The number of carbonyl (C=O) groups excluding carboxylic acids is 2. The molecule has 28 heavy (non-hydrogen) atoms. The minimum Gasteiger partial charge on any atom is -0.493 e. The number of amides is 1. The molecule has 1 aliphatic rings. The first-order valence-corrected chi connectivity index (χ1v) is 9.75. The minimum atomic E-state index is -0.206. The summed E-state index contributed by atoms with van der Waals surface area (Å²) < 4.78 is 15.3. The highest BCUT2D eigenvalue weighted by Crippen LogP contribution is 2.32. The number of anilines is 2. The van der Waals surface area contributed by atoms with Crippen molar-refractivity contribution in [1.29, 1.82) is 0 Å². The van der Waals surface area contributed by atoms with E-state index in [0.29, 0.717) is 48.3 Å². The number of likely N-dealkylation sites (tertiary alicyclic amines) is 1. The number of thiazole rings is 1. The van der Waals surface area contributed by atoms with Crippen LogP contribution in [0.4, 0.5) is 10.8 Å². The van der Waals surface area contributed by atoms with E-state index in [-0.39, 0.29) is 17.8 Å². The van der Waals surface area contributed by atoms with E-state index >= 15 is 0 Å². The largest absolute Gasteiger partial charge is 0.493 e. The smallest absolute Gasteiger partial charge is 0.308 e. The average molecular weight is 405 g/mol. The number of ether oxygens (including phenoxy) is 3. The van der Waals surface area contributed by atoms with Crippen molar-refractivity contribution in [1.82, 2.24) is 9.88 Å². The van der Waals surface area contributed by atoms with E-state index in [0.717, 1.165) is 5.69 Å². The van der Waals surface area contributed by atoms with Gasteiger partial charge in [0.15, 0.2) is 16.6 Å². The lowest BCUT2D eigenvalue weighted by Crippen LogP contribution is -2.40. The SMILES string of the molecule is COC(=O)C1CCN(C(=O)c2csc(Nc3ccc(OC)c(OC)c3)n2)CC1. The van der Waals surface area contributed by atoms with Crippen LogP contribution in [-0.4, -0.2) is 56.2 Å². The summed E-state index contributed by atoms with van der Waals surface area (Å²) in [6.45, 7) is 1.04. The molecule has 2 aromatic rings. The molecule has 1 aliphatic heterocycles. The molecule has 0 atom stereocenters. The molecule has 1 amide bonds. The zero-order valence-corrected chi connectivity index (χ0v) is 16.9. The number of aromatic nitrogens is 1. The van der Waals surface area contributed by atoms with Gasteiger partial charge in [0.1, 0.15) is 5.69 Å². The van der Waals surface area contributed by atoms with Crippen LogP contribution < -0.4 is 14.8 Å². The molecule has 0 aliphatic carbocycles. The number of nitrogens with one attached hydrogen (secondary N) is 1. The summed E-state index contributed by atoms with van der Waals surface area (Å²) in [6.07, 6.45) is 1.22. The first-order chi connectivity index (χ1) is 13.5. The van der Waals surface area contributed by atoms with Gasteiger partial charge >= 0.3 is 5.97 Å². The van der Waals surface area contributed by atoms with Gasteiger partial charge in [-0.25, -0.2) is 4.98 Å². The monoisotopic (exact) mass is 405 g/mol. The molecule has 0 unspecified atom stereocenters. The van der Waals surface area contributed by atoms with Crippen LogP contribution in [0.2, 0.25) is 0 Å². The summed E-state index contributed by atoms with van der Waals surface area (Å²) in [5.41, 5.74) is 1.18. The van der Waals surface area contributed by atoms with Crippen molar-refractivity contribution in [2.24, 2.45) is 5.92 Å². The van der Waals surface area contributed by atoms with Crippen LogP contribution in [-0.2, 0) is 9.53 Å². The Kier molecular flexibility index (Phi) is 6.35. The normalized spacial score (nSPS) is 14.5. The third kappa shape index (κ3) is 4.36. The van der Waals surface area contributed by atoms with Gasteiger partial charge in [0.2, 0.25) is 0 Å². The van der Waals surface area contributed by atoms with Gasteiger partial charge in [-0.2, -0.15) is 0 Å². The summed E-state index contributed by atoms with van der Waals surface area (Å²) >= 11 is 1.35. The fourth-order valence-electron chi connectivity index (χ4n) is 3.11. The molecule has 0 saturated carbocycles. The lowest BCUT2D eigenvalue weighted by molar-refractivity contribution is -0.146. The molecule has 8 nitrogen and oxygen atoms in total. The fourth-order valence-corrected chi connectivity index (χ4v) is 3.82. The molecule has 9 heteroatoms. The summed E-state index contributed by atoms with van der Waals surface area (Å²) in [5, 5.41) is 5.52. The second-order valence-corrected chi connectivity index (χ2v) is 7.18. The molecule has 0 spiro atoms. The van der Waals surface area contributed by atoms with Crippen molar-refractivity contribution in [3.05, 3.63) is 29.3 Å². The van der Waals surface area contributed by atoms with Crippen LogP contribution in [0.15, 0.2) is 23.6 Å². The third-order valence-corrected chi connectivity index (χ3v) is 5.43. The van der Waals surface area contributed by atoms with Gasteiger partial charge in [0, 0.05) is 30.2 Å². The number of methoxy groups -OCH3 is 3. The van der Waals surface area contributed by atoms with Gasteiger partial charge in [-0.15, -0.1) is 11.3 Å². The topological polar surface area (TPSA) is 90.0 Å². The van der Waals surface area contributed by atoms with Crippen molar-refractivity contribution in [3.63, 3.8) is 0 Å². The van der Waals surface area contributed by atoms with Crippen LogP contribution in [0.3, 0.4) is 0 Å². The number of carbonyl (C=O) groups is 2. The first kappa shape index (κ1) is 19.9. The van der Waals surface area contributed by atoms with Crippen LogP contribution in [0.1, 0.15) is 23.3 Å². The maximum absolute atomic E-state index is 12.7. The molecular weight excluding hydrogens is 382 g/mol. The van der Waals surface area contributed by atoms with Crippen LogP contribution in [0.25, 0.3) is 0 Å². The van der Waals surface area contributed by atoms with E-state index in [1.165, 1.54) is 18.4 Å². The van der Waals surface area contributed by atoms with E-state index in [4.69, 9.17) is 14.2 Å². The Morgan fingerprint density at radius 3 is 2.50 bits per heavy atom. The minimum absolute atomic E-state index is 0.125. The average Bonchev–Trinajstić information content (AvgIpc) is 3.21. The Bertz CT molecular complexity index is 846. The van der Waals surface area contributed by atoms with Crippen molar-refractivity contribution in [3.8, 4) is 11.5 Å². The van der Waals surface area contributed by atoms with Crippen molar-refractivity contribution >= 4 is 34.0 Å². The molecule has 150 valence electrons. The van der Waals surface area contributed by atoms with E-state index in [2.05, 4.69) is 10.3 Å². The van der Waals surface area contributed by atoms with Crippen molar-refractivity contribution in [2.45, 2.75) is 12.8 Å². The predicted octanol–water partition coefficient (Wildman–Crippen LogP) is 2.93. The Hall–Kier alpha value is -2.81. The molecule has 2 heterocycles. The summed E-state index contributed by atoms with van der Waals surface area (Å²) in [5.74, 6) is 0.779. The maximum atomic E-state index is 12.7. The number of hydrogen-bond donors (Lipinski definition) is 1. The first-order valence-electron chi connectivity index (χ1n) is 8.87. The number of esters is 1. The number of rotatable bonds is 6. The number of benzene rings is 1. The van der Waals surface area contributed by atoms with Gasteiger partial charge < -0.3 is 24.4 Å². The van der Waals surface area contributed by atoms with Gasteiger partial charge in [-0.1, -0.05) is 0 Å².